The van der Waals surface area contributed by atoms with Gasteiger partial charge in [-0.25, -0.2) is 15.0 Å². The number of methoxy groups -OCH3 is 1. The normalized spacial score (nSPS) is 11.8. The van der Waals surface area contributed by atoms with Crippen LogP contribution in [-0.4, -0.2) is 38.0 Å². The van der Waals surface area contributed by atoms with Gasteiger partial charge in [-0.15, -0.1) is 0 Å². The Bertz CT molecular complexity index is 559. The number of ether oxygens (including phenoxy) is 3. The number of benzene rings is 1. The first kappa shape index (κ1) is 17.3. The van der Waals surface area contributed by atoms with Crippen molar-refractivity contribution in [2.24, 2.45) is 10.8 Å². The van der Waals surface area contributed by atoms with Crippen LogP contribution in [0.5, 0.6) is 11.5 Å². The first-order valence-electron chi connectivity index (χ1n) is 6.57. The molecule has 1 unspecified atom stereocenters. The van der Waals surface area contributed by atoms with Crippen LogP contribution in [-0.2, 0) is 9.53 Å². The largest absolute Gasteiger partial charge is 0.490 e. The number of nitrogens with one attached hydrogen (secondary N) is 1. The van der Waals surface area contributed by atoms with E-state index in [-0.39, 0.29) is 0 Å². The van der Waals surface area contributed by atoms with Gasteiger partial charge >= 0.3 is 12.0 Å². The molecular formula is C14H19N3O5. The molecule has 1 aromatic carbocycles. The molecule has 0 heterocycles. The third-order valence-corrected chi connectivity index (χ3v) is 2.49. The number of nitrogens with zero attached hydrogens (tertiary/aromatic N) is 1. The molecule has 0 saturated carbocycles. The van der Waals surface area contributed by atoms with Crippen molar-refractivity contribution < 1.29 is 23.8 Å². The van der Waals surface area contributed by atoms with E-state index in [4.69, 9.17) is 15.2 Å². The van der Waals surface area contributed by atoms with E-state index in [0.717, 1.165) is 0 Å². The zero-order chi connectivity index (χ0) is 16.5. The monoisotopic (exact) mass is 309 g/mol. The van der Waals surface area contributed by atoms with Crippen LogP contribution in [0.2, 0.25) is 0 Å². The van der Waals surface area contributed by atoms with Crippen molar-refractivity contribution in [2.45, 2.75) is 20.0 Å². The van der Waals surface area contributed by atoms with Crippen molar-refractivity contribution >= 4 is 18.2 Å². The van der Waals surface area contributed by atoms with Crippen LogP contribution in [0, 0.1) is 0 Å². The third kappa shape index (κ3) is 5.31. The number of esters is 1. The molecule has 8 nitrogen and oxygen atoms in total. The standard InChI is InChI=1S/C14H19N3O5/c1-4-21-12-7-10(8-16-17-14(15)19)5-6-11(12)22-9(2)13(18)20-3/h5-9H,4H2,1-3H3,(H3,15,17,19). The summed E-state index contributed by atoms with van der Waals surface area (Å²) in [7, 11) is 1.29. The Morgan fingerprint density at radius 2 is 2.14 bits per heavy atom. The van der Waals surface area contributed by atoms with Crippen LogP contribution in [0.1, 0.15) is 19.4 Å². The number of carbonyl (C=O) groups is 2. The number of hydrazone groups is 1. The van der Waals surface area contributed by atoms with Gasteiger partial charge in [-0.3, -0.25) is 0 Å². The smallest absolute Gasteiger partial charge is 0.346 e. The fraction of sp³-hybridized carbons (Fsp3) is 0.357. The van der Waals surface area contributed by atoms with E-state index in [1.165, 1.54) is 13.3 Å². The molecule has 8 heteroatoms. The predicted octanol–water partition coefficient (Wildman–Crippen LogP) is 1.03. The van der Waals surface area contributed by atoms with Crippen molar-refractivity contribution in [3.8, 4) is 11.5 Å². The number of rotatable bonds is 7. The van der Waals surface area contributed by atoms with E-state index in [2.05, 4.69) is 15.3 Å². The summed E-state index contributed by atoms with van der Waals surface area (Å²) in [4.78, 5) is 21.9. The highest BCUT2D eigenvalue weighted by Gasteiger charge is 2.17. The van der Waals surface area contributed by atoms with Crippen LogP contribution in [0.4, 0.5) is 4.79 Å². The minimum absolute atomic E-state index is 0.403. The summed E-state index contributed by atoms with van der Waals surface area (Å²) in [6.07, 6.45) is 0.640. The number of amides is 2. The molecule has 0 aromatic heterocycles. The number of nitrogens with two attached hydrogens (primary N) is 1. The topological polar surface area (TPSA) is 112 Å². The number of hydrogen-bond donors (Lipinski definition) is 2. The Morgan fingerprint density at radius 3 is 2.73 bits per heavy atom. The van der Waals surface area contributed by atoms with Gasteiger partial charge in [0.2, 0.25) is 0 Å². The van der Waals surface area contributed by atoms with Gasteiger partial charge in [-0.2, -0.15) is 5.10 Å². The Hall–Kier alpha value is -2.77. The molecule has 0 fully saturated rings. The summed E-state index contributed by atoms with van der Waals surface area (Å²) in [6, 6.07) is 4.23. The van der Waals surface area contributed by atoms with Crippen LogP contribution in [0.25, 0.3) is 0 Å². The second kappa shape index (κ2) is 8.50. The van der Waals surface area contributed by atoms with Gasteiger partial charge in [0, 0.05) is 0 Å². The van der Waals surface area contributed by atoms with Crippen LogP contribution in [0.3, 0.4) is 0 Å². The van der Waals surface area contributed by atoms with Gasteiger partial charge in [-0.1, -0.05) is 0 Å². The lowest BCUT2D eigenvalue weighted by atomic mass is 10.2. The van der Waals surface area contributed by atoms with Gasteiger partial charge in [0.1, 0.15) is 0 Å². The van der Waals surface area contributed by atoms with Crippen molar-refractivity contribution in [1.29, 1.82) is 0 Å². The fourth-order valence-electron chi connectivity index (χ4n) is 1.55. The lowest BCUT2D eigenvalue weighted by Gasteiger charge is -2.16. The minimum atomic E-state index is -0.764. The van der Waals surface area contributed by atoms with Crippen molar-refractivity contribution in [3.05, 3.63) is 23.8 Å². The van der Waals surface area contributed by atoms with E-state index in [0.29, 0.717) is 23.7 Å². The molecule has 0 spiro atoms. The van der Waals surface area contributed by atoms with E-state index in [1.54, 1.807) is 25.1 Å². The second-order valence-electron chi connectivity index (χ2n) is 4.16. The van der Waals surface area contributed by atoms with Crippen molar-refractivity contribution in [3.63, 3.8) is 0 Å². The first-order chi connectivity index (χ1) is 10.5. The maximum atomic E-state index is 11.4. The van der Waals surface area contributed by atoms with Gasteiger partial charge in [-0.05, 0) is 37.6 Å². The average molecular weight is 309 g/mol. The maximum Gasteiger partial charge on any atom is 0.346 e. The summed E-state index contributed by atoms with van der Waals surface area (Å²) in [5.74, 6) is 0.361. The van der Waals surface area contributed by atoms with Crippen molar-refractivity contribution in [2.75, 3.05) is 13.7 Å². The minimum Gasteiger partial charge on any atom is -0.490 e. The molecule has 0 bridgehead atoms. The van der Waals surface area contributed by atoms with Gasteiger partial charge in [0.05, 0.1) is 19.9 Å². The summed E-state index contributed by atoms with van der Waals surface area (Å²) >= 11 is 0. The second-order valence-corrected chi connectivity index (χ2v) is 4.16. The fourth-order valence-corrected chi connectivity index (χ4v) is 1.55. The Morgan fingerprint density at radius 1 is 1.41 bits per heavy atom. The summed E-state index contributed by atoms with van der Waals surface area (Å²) in [5, 5.41) is 3.65. The summed E-state index contributed by atoms with van der Waals surface area (Å²) in [5.41, 5.74) is 7.65. The lowest BCUT2D eigenvalue weighted by molar-refractivity contribution is -0.147. The summed E-state index contributed by atoms with van der Waals surface area (Å²) < 4.78 is 15.6. The van der Waals surface area contributed by atoms with E-state index in [9.17, 15) is 9.59 Å². The van der Waals surface area contributed by atoms with Crippen LogP contribution < -0.4 is 20.6 Å². The van der Waals surface area contributed by atoms with E-state index in [1.807, 2.05) is 6.92 Å². The molecule has 0 aliphatic heterocycles. The molecule has 22 heavy (non-hydrogen) atoms. The molecular weight excluding hydrogens is 290 g/mol. The van der Waals surface area contributed by atoms with Crippen LogP contribution in [0.15, 0.2) is 23.3 Å². The number of carbonyl (C=O) groups excluding carboxylic acids is 2. The number of urea groups is 1. The Balaban J connectivity index is 2.92. The highest BCUT2D eigenvalue weighted by atomic mass is 16.6. The van der Waals surface area contributed by atoms with Gasteiger partial charge in [0.25, 0.3) is 0 Å². The number of hydrogen-bond acceptors (Lipinski definition) is 6. The lowest BCUT2D eigenvalue weighted by Crippen LogP contribution is -2.25. The number of primary amides is 1. The highest BCUT2D eigenvalue weighted by Crippen LogP contribution is 2.29. The third-order valence-electron chi connectivity index (χ3n) is 2.49. The Labute approximate surface area is 128 Å². The highest BCUT2D eigenvalue weighted by molar-refractivity contribution is 5.82. The SMILES string of the molecule is CCOc1cc(C=NNC(N)=O)ccc1OC(C)C(=O)OC. The zero-order valence-electron chi connectivity index (χ0n) is 12.7. The van der Waals surface area contributed by atoms with E-state index < -0.39 is 18.1 Å². The Kier molecular flexibility index (Phi) is 6.68. The molecule has 0 aliphatic carbocycles. The molecule has 120 valence electrons. The zero-order valence-corrected chi connectivity index (χ0v) is 12.7. The molecule has 3 N–H and O–H groups in total. The first-order valence-corrected chi connectivity index (χ1v) is 6.57. The quantitative estimate of drug-likeness (QED) is 0.444. The van der Waals surface area contributed by atoms with E-state index >= 15 is 0 Å². The molecule has 0 radical (unpaired) electrons. The van der Waals surface area contributed by atoms with Crippen LogP contribution >= 0.6 is 0 Å². The summed E-state index contributed by atoms with van der Waals surface area (Å²) in [6.45, 7) is 3.82. The van der Waals surface area contributed by atoms with Gasteiger partial charge in [0.15, 0.2) is 17.6 Å². The average Bonchev–Trinajstić information content (AvgIpc) is 2.48. The molecule has 0 saturated heterocycles. The van der Waals surface area contributed by atoms with Gasteiger partial charge < -0.3 is 19.9 Å². The predicted molar refractivity (Wildman–Crippen MR) is 80.0 cm³/mol. The maximum absolute atomic E-state index is 11.4. The molecule has 1 atom stereocenters. The molecule has 1 aromatic rings. The molecule has 1 rings (SSSR count). The molecule has 2 amide bonds. The molecule has 0 aliphatic rings. The van der Waals surface area contributed by atoms with Crippen molar-refractivity contribution in [1.82, 2.24) is 5.43 Å².